The molecular formula is C23H24FN5O2. The Morgan fingerprint density at radius 1 is 1.03 bits per heavy atom. The second-order valence-electron chi connectivity index (χ2n) is 8.03. The summed E-state index contributed by atoms with van der Waals surface area (Å²) in [5.41, 5.74) is 4.35. The Balaban J connectivity index is 1.24. The Morgan fingerprint density at radius 2 is 1.74 bits per heavy atom. The van der Waals surface area contributed by atoms with Crippen molar-refractivity contribution < 1.29 is 13.9 Å². The van der Waals surface area contributed by atoms with E-state index in [4.69, 9.17) is 4.74 Å². The summed E-state index contributed by atoms with van der Waals surface area (Å²) in [4.78, 5) is 17.2. The number of halogens is 1. The lowest BCUT2D eigenvalue weighted by Gasteiger charge is -2.36. The minimum absolute atomic E-state index is 0.103. The van der Waals surface area contributed by atoms with Crippen molar-refractivity contribution in [3.63, 3.8) is 0 Å². The zero-order chi connectivity index (χ0) is 21.4. The lowest BCUT2D eigenvalue weighted by Crippen LogP contribution is -2.49. The lowest BCUT2D eigenvalue weighted by atomic mass is 10.1. The van der Waals surface area contributed by atoms with E-state index in [0.29, 0.717) is 31.0 Å². The summed E-state index contributed by atoms with van der Waals surface area (Å²) in [6, 6.07) is 14.7. The van der Waals surface area contributed by atoms with Crippen molar-refractivity contribution in [3.8, 4) is 0 Å². The highest BCUT2D eigenvalue weighted by atomic mass is 19.1. The summed E-state index contributed by atoms with van der Waals surface area (Å²) in [6.07, 6.45) is -0.240. The van der Waals surface area contributed by atoms with Gasteiger partial charge in [0.1, 0.15) is 11.9 Å². The van der Waals surface area contributed by atoms with Crippen LogP contribution in [0.1, 0.15) is 33.4 Å². The number of ether oxygens (including phenoxy) is 1. The van der Waals surface area contributed by atoms with Crippen molar-refractivity contribution in [3.05, 3.63) is 76.9 Å². The van der Waals surface area contributed by atoms with Crippen molar-refractivity contribution in [2.45, 2.75) is 26.2 Å². The molecule has 1 unspecified atom stereocenters. The van der Waals surface area contributed by atoms with Gasteiger partial charge in [0.15, 0.2) is 5.69 Å². The summed E-state index contributed by atoms with van der Waals surface area (Å²) in [5.74, 6) is -0.384. The van der Waals surface area contributed by atoms with Gasteiger partial charge in [-0.1, -0.05) is 35.0 Å². The molecule has 0 radical (unpaired) electrons. The van der Waals surface area contributed by atoms with Crippen LogP contribution >= 0.6 is 0 Å². The number of aryl methyl sites for hydroxylation is 1. The third kappa shape index (κ3) is 3.90. The monoisotopic (exact) mass is 421 g/mol. The van der Waals surface area contributed by atoms with Gasteiger partial charge in [0.25, 0.3) is 5.91 Å². The predicted molar refractivity (Wildman–Crippen MR) is 113 cm³/mol. The lowest BCUT2D eigenvalue weighted by molar-refractivity contribution is -0.00199. The minimum Gasteiger partial charge on any atom is -0.368 e. The van der Waals surface area contributed by atoms with E-state index in [1.54, 1.807) is 16.8 Å². The second-order valence-corrected chi connectivity index (χ2v) is 8.03. The maximum Gasteiger partial charge on any atom is 0.276 e. The van der Waals surface area contributed by atoms with Crippen molar-refractivity contribution in [1.29, 1.82) is 0 Å². The van der Waals surface area contributed by atoms with Gasteiger partial charge >= 0.3 is 0 Å². The zero-order valence-corrected chi connectivity index (χ0v) is 17.4. The first-order valence-corrected chi connectivity index (χ1v) is 10.5. The Morgan fingerprint density at radius 3 is 2.45 bits per heavy atom. The van der Waals surface area contributed by atoms with Crippen LogP contribution in [0.5, 0.6) is 0 Å². The summed E-state index contributed by atoms with van der Waals surface area (Å²) in [5, 5.41) is 8.36. The molecule has 1 amide bonds. The molecule has 2 aromatic carbocycles. The van der Waals surface area contributed by atoms with Gasteiger partial charge in [-0.15, -0.1) is 5.10 Å². The summed E-state index contributed by atoms with van der Waals surface area (Å²) < 4.78 is 20.9. The molecule has 0 aliphatic carbocycles. The van der Waals surface area contributed by atoms with Gasteiger partial charge in [0, 0.05) is 31.9 Å². The quantitative estimate of drug-likeness (QED) is 0.651. The maximum absolute atomic E-state index is 13.2. The molecule has 3 aromatic rings. The van der Waals surface area contributed by atoms with Gasteiger partial charge in [0.05, 0.1) is 18.8 Å². The average Bonchev–Trinajstić information content (AvgIpc) is 3.23. The highest BCUT2D eigenvalue weighted by Crippen LogP contribution is 2.28. The van der Waals surface area contributed by atoms with E-state index in [1.807, 2.05) is 4.90 Å². The van der Waals surface area contributed by atoms with Crippen LogP contribution < -0.4 is 4.90 Å². The van der Waals surface area contributed by atoms with Crippen LogP contribution in [0.25, 0.3) is 0 Å². The van der Waals surface area contributed by atoms with Crippen LogP contribution in [0.2, 0.25) is 0 Å². The van der Waals surface area contributed by atoms with E-state index in [1.165, 1.54) is 23.4 Å². The van der Waals surface area contributed by atoms with Crippen LogP contribution in [0.4, 0.5) is 10.1 Å². The van der Waals surface area contributed by atoms with Crippen molar-refractivity contribution in [1.82, 2.24) is 19.9 Å². The topological polar surface area (TPSA) is 63.5 Å². The van der Waals surface area contributed by atoms with E-state index in [2.05, 4.69) is 46.4 Å². The first kappa shape index (κ1) is 19.7. The average molecular weight is 421 g/mol. The number of hydrogen-bond donors (Lipinski definition) is 0. The molecule has 0 spiro atoms. The molecule has 0 bridgehead atoms. The molecule has 3 heterocycles. The number of piperazine rings is 1. The third-order valence-electron chi connectivity index (χ3n) is 6.01. The fourth-order valence-electron chi connectivity index (χ4n) is 4.13. The largest absolute Gasteiger partial charge is 0.368 e. The fraction of sp³-hybridized carbons (Fsp3) is 0.348. The molecule has 8 heteroatoms. The Hall–Kier alpha value is -3.26. The number of hydrogen-bond acceptors (Lipinski definition) is 5. The number of benzene rings is 2. The smallest absolute Gasteiger partial charge is 0.276 e. The van der Waals surface area contributed by atoms with Gasteiger partial charge < -0.3 is 14.5 Å². The molecule has 2 aliphatic heterocycles. The van der Waals surface area contributed by atoms with Crippen molar-refractivity contribution >= 4 is 11.6 Å². The van der Waals surface area contributed by atoms with Crippen LogP contribution in [-0.4, -0.2) is 52.0 Å². The van der Waals surface area contributed by atoms with Gasteiger partial charge in [-0.2, -0.15) is 0 Å². The van der Waals surface area contributed by atoms with Gasteiger partial charge in [-0.05, 0) is 36.8 Å². The molecule has 2 aliphatic rings. The molecule has 31 heavy (non-hydrogen) atoms. The van der Waals surface area contributed by atoms with Crippen LogP contribution in [-0.2, 0) is 17.9 Å². The number of anilines is 1. The number of nitrogens with zero attached hydrogens (tertiary/aromatic N) is 5. The normalized spacial score (nSPS) is 18.7. The van der Waals surface area contributed by atoms with E-state index < -0.39 is 0 Å². The molecule has 5 rings (SSSR count). The van der Waals surface area contributed by atoms with Gasteiger partial charge in [0.2, 0.25) is 0 Å². The maximum atomic E-state index is 13.2. The molecule has 1 atom stereocenters. The van der Waals surface area contributed by atoms with E-state index in [-0.39, 0.29) is 24.4 Å². The Bertz CT molecular complexity index is 1070. The molecule has 1 aromatic heterocycles. The van der Waals surface area contributed by atoms with Crippen LogP contribution in [0.15, 0.2) is 48.5 Å². The molecule has 7 nitrogen and oxygen atoms in total. The van der Waals surface area contributed by atoms with Gasteiger partial charge in [-0.25, -0.2) is 9.07 Å². The van der Waals surface area contributed by atoms with Crippen molar-refractivity contribution in [2.75, 3.05) is 31.1 Å². The summed E-state index contributed by atoms with van der Waals surface area (Å²) >= 11 is 0. The Kier molecular flexibility index (Phi) is 5.15. The minimum atomic E-state index is -0.281. The highest BCUT2D eigenvalue weighted by Gasteiger charge is 2.31. The van der Waals surface area contributed by atoms with Crippen LogP contribution in [0, 0.1) is 12.7 Å². The number of amides is 1. The molecule has 0 saturated carbocycles. The van der Waals surface area contributed by atoms with Crippen LogP contribution in [0.3, 0.4) is 0 Å². The first-order chi connectivity index (χ1) is 15.1. The first-order valence-electron chi connectivity index (χ1n) is 10.5. The summed E-state index contributed by atoms with van der Waals surface area (Å²) in [7, 11) is 0. The van der Waals surface area contributed by atoms with Crippen molar-refractivity contribution in [2.24, 2.45) is 0 Å². The standard InChI is InChI=1S/C23H24FN5O2/c1-16-2-8-19(9-3-16)27-10-12-28(13-11-27)23(30)22-20-15-31-21(14-29(20)26-25-22)17-4-6-18(24)7-5-17/h2-9,21H,10-15H2,1H3. The Labute approximate surface area is 180 Å². The molecule has 0 N–H and O–H groups in total. The highest BCUT2D eigenvalue weighted by molar-refractivity contribution is 5.93. The number of carbonyl (C=O) groups excluding carboxylic acids is 1. The van der Waals surface area contributed by atoms with Gasteiger partial charge in [-0.3, -0.25) is 4.79 Å². The van der Waals surface area contributed by atoms with E-state index in [9.17, 15) is 9.18 Å². The molecule has 1 fully saturated rings. The number of rotatable bonds is 3. The number of carbonyl (C=O) groups is 1. The fourth-order valence-corrected chi connectivity index (χ4v) is 4.13. The molecular weight excluding hydrogens is 397 g/mol. The SMILES string of the molecule is Cc1ccc(N2CCN(C(=O)c3nnn4c3COC(c3ccc(F)cc3)C4)CC2)cc1. The molecule has 1 saturated heterocycles. The zero-order valence-electron chi connectivity index (χ0n) is 17.4. The molecule has 160 valence electrons. The van der Waals surface area contributed by atoms with E-state index in [0.717, 1.165) is 18.7 Å². The van der Waals surface area contributed by atoms with E-state index >= 15 is 0 Å². The number of aromatic nitrogens is 3. The third-order valence-corrected chi connectivity index (χ3v) is 6.01. The number of fused-ring (bicyclic) bond motifs is 1. The summed E-state index contributed by atoms with van der Waals surface area (Å²) in [6.45, 7) is 5.60. The predicted octanol–water partition coefficient (Wildman–Crippen LogP) is 2.96. The second kappa shape index (κ2) is 8.11.